The third kappa shape index (κ3) is 4.37. The van der Waals surface area contributed by atoms with Gasteiger partial charge in [-0.25, -0.2) is 13.9 Å². The lowest BCUT2D eigenvalue weighted by molar-refractivity contribution is -0.134. The van der Waals surface area contributed by atoms with Crippen LogP contribution >= 0.6 is 11.6 Å². The van der Waals surface area contributed by atoms with Crippen LogP contribution in [0.25, 0.3) is 0 Å². The fourth-order valence-corrected chi connectivity index (χ4v) is 6.66. The molecular weight excluding hydrogens is 452 g/mol. The van der Waals surface area contributed by atoms with E-state index in [0.717, 1.165) is 4.31 Å². The fourth-order valence-electron chi connectivity index (χ4n) is 3.26. The zero-order valence-electron chi connectivity index (χ0n) is 16.2. The number of nitrogens with zero attached hydrogens (tertiary/aromatic N) is 1. The van der Waals surface area contributed by atoms with Gasteiger partial charge in [0.1, 0.15) is 17.5 Å². The molecule has 0 saturated carbocycles. The Labute approximate surface area is 182 Å². The van der Waals surface area contributed by atoms with Crippen molar-refractivity contribution in [2.24, 2.45) is 0 Å². The first-order valence-electron chi connectivity index (χ1n) is 8.95. The summed E-state index contributed by atoms with van der Waals surface area (Å²) in [7, 11) is -5.55. The summed E-state index contributed by atoms with van der Waals surface area (Å²) in [5.41, 5.74) is 1.50. The first-order valence-corrected chi connectivity index (χ1v) is 12.1. The highest BCUT2D eigenvalue weighted by Crippen LogP contribution is 2.33. The fraction of sp³-hybridized carbons (Fsp3) is 0.316. The van der Waals surface area contributed by atoms with Gasteiger partial charge in [0.2, 0.25) is 10.0 Å². The third-order valence-electron chi connectivity index (χ3n) is 4.87. The van der Waals surface area contributed by atoms with Crippen molar-refractivity contribution in [3.63, 3.8) is 0 Å². The second-order valence-electron chi connectivity index (χ2n) is 7.17. The van der Waals surface area contributed by atoms with Gasteiger partial charge in [-0.2, -0.15) is 4.31 Å². The zero-order valence-corrected chi connectivity index (χ0v) is 18.6. The summed E-state index contributed by atoms with van der Waals surface area (Å²) in [6.07, 6.45) is 0. The summed E-state index contributed by atoms with van der Waals surface area (Å²) in [6.45, 7) is 2.96. The average Bonchev–Trinajstić information content (AvgIpc) is 2.71. The Morgan fingerprint density at radius 2 is 1.70 bits per heavy atom. The lowest BCUT2D eigenvalue weighted by atomic mass is 10.0. The van der Waals surface area contributed by atoms with E-state index < -0.39 is 37.5 Å². The highest BCUT2D eigenvalue weighted by molar-refractivity contribution is 7.90. The van der Waals surface area contributed by atoms with Crippen LogP contribution in [0.1, 0.15) is 13.8 Å². The van der Waals surface area contributed by atoms with E-state index in [9.17, 15) is 17.4 Å². The van der Waals surface area contributed by atoms with Gasteiger partial charge in [-0.15, -0.1) is 0 Å². The predicted molar refractivity (Wildman–Crippen MR) is 113 cm³/mol. The highest BCUT2D eigenvalue weighted by Gasteiger charge is 2.51. The minimum absolute atomic E-state index is 0.0508. The number of benzene rings is 2. The SMILES string of the molecule is CC1(C)C(C(=O)NO)N(S(=O)(=O)c2ccc(Oc3ccc(Cl)cc3)cc2)CC[S@@]1=O. The van der Waals surface area contributed by atoms with Gasteiger partial charge in [0.15, 0.2) is 0 Å². The number of halogens is 1. The number of sulfonamides is 1. The van der Waals surface area contributed by atoms with Crippen LogP contribution in [0, 0.1) is 0 Å². The van der Waals surface area contributed by atoms with Crippen LogP contribution < -0.4 is 10.2 Å². The maximum Gasteiger partial charge on any atom is 0.263 e. The van der Waals surface area contributed by atoms with Crippen molar-refractivity contribution in [3.05, 3.63) is 53.6 Å². The van der Waals surface area contributed by atoms with E-state index in [4.69, 9.17) is 21.5 Å². The van der Waals surface area contributed by atoms with Crippen molar-refractivity contribution >= 4 is 38.3 Å². The van der Waals surface area contributed by atoms with Crippen molar-refractivity contribution < 1.29 is 27.4 Å². The number of carbonyl (C=O) groups is 1. The molecule has 1 amide bonds. The Kier molecular flexibility index (Phi) is 6.54. The summed E-state index contributed by atoms with van der Waals surface area (Å²) < 4.78 is 44.3. The van der Waals surface area contributed by atoms with Crippen LogP contribution in [0.15, 0.2) is 53.4 Å². The molecule has 2 atom stereocenters. The van der Waals surface area contributed by atoms with Gasteiger partial charge in [0, 0.05) is 28.1 Å². The highest BCUT2D eigenvalue weighted by atomic mass is 35.5. The Bertz CT molecular complexity index is 1060. The van der Waals surface area contributed by atoms with Crippen LogP contribution in [0.4, 0.5) is 0 Å². The number of nitrogens with one attached hydrogen (secondary N) is 1. The average molecular weight is 473 g/mol. The molecule has 2 aromatic carbocycles. The zero-order chi connectivity index (χ0) is 22.1. The molecule has 1 aliphatic rings. The molecule has 11 heteroatoms. The van der Waals surface area contributed by atoms with E-state index >= 15 is 0 Å². The molecule has 3 rings (SSSR count). The third-order valence-corrected chi connectivity index (χ3v) is 8.95. The number of ether oxygens (including phenoxy) is 1. The second-order valence-corrected chi connectivity index (χ2v) is 11.7. The molecule has 0 spiro atoms. The number of hydrogen-bond donors (Lipinski definition) is 2. The van der Waals surface area contributed by atoms with Crippen molar-refractivity contribution in [3.8, 4) is 11.5 Å². The van der Waals surface area contributed by atoms with Gasteiger partial charge in [0.25, 0.3) is 5.91 Å². The van der Waals surface area contributed by atoms with E-state index in [1.807, 2.05) is 0 Å². The van der Waals surface area contributed by atoms with E-state index in [-0.39, 0.29) is 17.2 Å². The number of hydrogen-bond acceptors (Lipinski definition) is 6. The molecule has 2 N–H and O–H groups in total. The van der Waals surface area contributed by atoms with E-state index in [2.05, 4.69) is 0 Å². The van der Waals surface area contributed by atoms with E-state index in [1.165, 1.54) is 43.6 Å². The molecule has 162 valence electrons. The van der Waals surface area contributed by atoms with Crippen LogP contribution in [0.2, 0.25) is 5.02 Å². The molecule has 0 aromatic heterocycles. The minimum atomic E-state index is -4.10. The molecular formula is C19H21ClN2O6S2. The molecule has 0 bridgehead atoms. The number of carbonyl (C=O) groups excluding carboxylic acids is 1. The van der Waals surface area contributed by atoms with Crippen LogP contribution in [0.5, 0.6) is 11.5 Å². The standard InChI is InChI=1S/C19H21ClN2O6S2/c1-19(2)17(18(23)21-24)22(11-12-29(19)25)30(26,27)16-9-7-15(8-10-16)28-14-5-3-13(20)4-6-14/h3-10,17,24H,11-12H2,1-2H3,(H,21,23)/t17?,29-/m0/s1. The van der Waals surface area contributed by atoms with Gasteiger partial charge in [0.05, 0.1) is 9.64 Å². The van der Waals surface area contributed by atoms with Gasteiger partial charge < -0.3 is 4.74 Å². The van der Waals surface area contributed by atoms with Crippen molar-refractivity contribution in [2.45, 2.75) is 29.5 Å². The van der Waals surface area contributed by atoms with Crippen LogP contribution in [0.3, 0.4) is 0 Å². The molecule has 1 fully saturated rings. The number of hydroxylamine groups is 1. The smallest absolute Gasteiger partial charge is 0.263 e. The lowest BCUT2D eigenvalue weighted by Gasteiger charge is -2.42. The van der Waals surface area contributed by atoms with E-state index in [1.54, 1.807) is 24.3 Å². The van der Waals surface area contributed by atoms with Gasteiger partial charge in [-0.1, -0.05) is 11.6 Å². The summed E-state index contributed by atoms with van der Waals surface area (Å²) in [4.78, 5) is 12.2. The lowest BCUT2D eigenvalue weighted by Crippen LogP contribution is -2.64. The van der Waals surface area contributed by atoms with Crippen molar-refractivity contribution in [2.75, 3.05) is 12.3 Å². The maximum atomic E-state index is 13.2. The molecule has 2 aromatic rings. The first kappa shape index (κ1) is 22.7. The quantitative estimate of drug-likeness (QED) is 0.510. The predicted octanol–water partition coefficient (Wildman–Crippen LogP) is 2.54. The van der Waals surface area contributed by atoms with Gasteiger partial charge >= 0.3 is 0 Å². The van der Waals surface area contributed by atoms with Crippen LogP contribution in [-0.2, 0) is 25.6 Å². The summed E-state index contributed by atoms with van der Waals surface area (Å²) in [5.74, 6) is 0.106. The van der Waals surface area contributed by atoms with Crippen molar-refractivity contribution in [1.82, 2.24) is 9.79 Å². The molecule has 1 saturated heterocycles. The second kappa shape index (κ2) is 8.64. The number of rotatable bonds is 5. The molecule has 1 unspecified atom stereocenters. The Morgan fingerprint density at radius 1 is 1.17 bits per heavy atom. The van der Waals surface area contributed by atoms with E-state index in [0.29, 0.717) is 16.5 Å². The normalized spacial score (nSPS) is 21.7. The molecule has 1 aliphatic heterocycles. The first-order chi connectivity index (χ1) is 14.1. The number of amides is 1. The van der Waals surface area contributed by atoms with Gasteiger partial charge in [-0.3, -0.25) is 14.2 Å². The summed E-state index contributed by atoms with van der Waals surface area (Å²) >= 11 is 5.84. The molecule has 30 heavy (non-hydrogen) atoms. The largest absolute Gasteiger partial charge is 0.457 e. The minimum Gasteiger partial charge on any atom is -0.457 e. The molecule has 8 nitrogen and oxygen atoms in total. The van der Waals surface area contributed by atoms with Crippen LogP contribution in [-0.4, -0.2) is 51.1 Å². The Hall–Kier alpha value is -1.98. The maximum absolute atomic E-state index is 13.2. The molecule has 1 heterocycles. The summed E-state index contributed by atoms with van der Waals surface area (Å²) in [6, 6.07) is 11.1. The molecule has 0 radical (unpaired) electrons. The van der Waals surface area contributed by atoms with Gasteiger partial charge in [-0.05, 0) is 62.4 Å². The summed E-state index contributed by atoms with van der Waals surface area (Å²) in [5, 5.41) is 9.67. The monoisotopic (exact) mass is 472 g/mol. The Morgan fingerprint density at radius 3 is 2.23 bits per heavy atom. The Balaban J connectivity index is 1.89. The molecule has 0 aliphatic carbocycles. The topological polar surface area (TPSA) is 113 Å². The van der Waals surface area contributed by atoms with Crippen molar-refractivity contribution in [1.29, 1.82) is 0 Å².